The molecule has 4 heteroatoms. The summed E-state index contributed by atoms with van der Waals surface area (Å²) in [6.45, 7) is 6.26. The van der Waals surface area contributed by atoms with Gasteiger partial charge in [-0.25, -0.2) is 4.79 Å². The Morgan fingerprint density at radius 1 is 0.821 bits per heavy atom. The second-order valence-electron chi connectivity index (χ2n) is 6.60. The summed E-state index contributed by atoms with van der Waals surface area (Å²) in [5.41, 5.74) is 0. The molecule has 0 aliphatic heterocycles. The number of hydrogen-bond donors (Lipinski definition) is 0. The van der Waals surface area contributed by atoms with E-state index in [1.54, 1.807) is 0 Å². The van der Waals surface area contributed by atoms with Crippen molar-refractivity contribution in [3.05, 3.63) is 97.6 Å². The highest BCUT2D eigenvalue weighted by Crippen LogP contribution is 2.12. The minimum absolute atomic E-state index is 0.201. The first-order valence-electron chi connectivity index (χ1n) is 9.28. The highest BCUT2D eigenvalue weighted by Gasteiger charge is 2.33. The van der Waals surface area contributed by atoms with Crippen LogP contribution < -0.4 is 20.3 Å². The van der Waals surface area contributed by atoms with Crippen molar-refractivity contribution in [2.24, 2.45) is 0 Å². The second-order valence-corrected chi connectivity index (χ2v) is 10.6. The number of benzene rings is 3. The highest BCUT2D eigenvalue weighted by atomic mass is 28.3. The molecule has 0 saturated heterocycles. The fourth-order valence-corrected chi connectivity index (χ4v) is 6.84. The summed E-state index contributed by atoms with van der Waals surface area (Å²) in [5, 5.41) is 4.05. The van der Waals surface area contributed by atoms with E-state index in [1.807, 2.05) is 12.1 Å². The lowest BCUT2D eigenvalue weighted by Crippen LogP contribution is -2.64. The molecule has 3 rings (SSSR count). The molecule has 0 N–H and O–H groups in total. The summed E-state index contributed by atoms with van der Waals surface area (Å²) in [4.78, 5) is 11.1. The monoisotopic (exact) mass is 388 g/mol. The van der Waals surface area contributed by atoms with E-state index in [1.165, 1.54) is 15.6 Å². The molecule has 0 amide bonds. The molecule has 3 nitrogen and oxygen atoms in total. The van der Waals surface area contributed by atoms with Crippen molar-refractivity contribution in [1.82, 2.24) is 0 Å². The minimum atomic E-state index is -2.09. The van der Waals surface area contributed by atoms with Crippen LogP contribution in [0.2, 0.25) is 6.55 Å². The molecule has 142 valence electrons. The van der Waals surface area contributed by atoms with Crippen molar-refractivity contribution in [2.45, 2.75) is 6.55 Å². The number of carbonyl (C=O) groups is 1. The summed E-state index contributed by atoms with van der Waals surface area (Å²) in [6.07, 6.45) is 1.15. The van der Waals surface area contributed by atoms with Crippen LogP contribution >= 0.6 is 0 Å². The third-order valence-corrected chi connectivity index (χ3v) is 9.36. The SMILES string of the molecule is C=CC(=O)OCCOc1ccc([Si](C)(c2ccccc2)c2ccccc2)cc1. The molecule has 0 heterocycles. The fourth-order valence-electron chi connectivity index (χ4n) is 3.29. The Labute approximate surface area is 167 Å². The lowest BCUT2D eigenvalue weighted by Gasteiger charge is -2.29. The van der Waals surface area contributed by atoms with E-state index in [2.05, 4.69) is 85.9 Å². The van der Waals surface area contributed by atoms with Gasteiger partial charge in [0.15, 0.2) is 0 Å². The molecule has 0 fully saturated rings. The van der Waals surface area contributed by atoms with Crippen molar-refractivity contribution >= 4 is 29.6 Å². The Kier molecular flexibility index (Phi) is 6.45. The first kappa shape index (κ1) is 19.6. The van der Waals surface area contributed by atoms with E-state index in [9.17, 15) is 4.79 Å². The van der Waals surface area contributed by atoms with Crippen LogP contribution in [0, 0.1) is 0 Å². The molecule has 0 bridgehead atoms. The Morgan fingerprint density at radius 2 is 1.32 bits per heavy atom. The molecule has 0 unspecified atom stereocenters. The van der Waals surface area contributed by atoms with Crippen LogP contribution in [0.3, 0.4) is 0 Å². The molecule has 3 aromatic rings. The van der Waals surface area contributed by atoms with Gasteiger partial charge in [0.1, 0.15) is 27.0 Å². The van der Waals surface area contributed by atoms with Crippen LogP contribution in [0.1, 0.15) is 0 Å². The highest BCUT2D eigenvalue weighted by molar-refractivity contribution is 7.10. The molecule has 0 aromatic heterocycles. The third kappa shape index (κ3) is 4.41. The van der Waals surface area contributed by atoms with Gasteiger partial charge in [-0.1, -0.05) is 85.9 Å². The fraction of sp³-hybridized carbons (Fsp3) is 0.125. The van der Waals surface area contributed by atoms with Gasteiger partial charge in [-0.05, 0) is 27.7 Å². The Balaban J connectivity index is 1.82. The predicted octanol–water partition coefficient (Wildman–Crippen LogP) is 2.89. The molecular formula is C24H24O3Si. The van der Waals surface area contributed by atoms with E-state index >= 15 is 0 Å². The largest absolute Gasteiger partial charge is 0.490 e. The van der Waals surface area contributed by atoms with Gasteiger partial charge in [0.25, 0.3) is 0 Å². The molecule has 0 aliphatic carbocycles. The zero-order valence-corrected chi connectivity index (χ0v) is 17.0. The molecule has 0 spiro atoms. The molecule has 0 radical (unpaired) electrons. The number of esters is 1. The van der Waals surface area contributed by atoms with Crippen molar-refractivity contribution < 1.29 is 14.3 Å². The predicted molar refractivity (Wildman–Crippen MR) is 116 cm³/mol. The number of rotatable bonds is 8. The van der Waals surface area contributed by atoms with E-state index in [4.69, 9.17) is 9.47 Å². The maximum Gasteiger partial charge on any atom is 0.330 e. The van der Waals surface area contributed by atoms with Gasteiger partial charge in [0.05, 0.1) is 0 Å². The van der Waals surface area contributed by atoms with Gasteiger partial charge >= 0.3 is 5.97 Å². The molecule has 28 heavy (non-hydrogen) atoms. The maximum atomic E-state index is 11.1. The Bertz CT molecular complexity index is 866. The molecule has 3 aromatic carbocycles. The van der Waals surface area contributed by atoms with Crippen molar-refractivity contribution in [3.63, 3.8) is 0 Å². The van der Waals surface area contributed by atoms with E-state index in [0.717, 1.165) is 11.8 Å². The first-order valence-corrected chi connectivity index (χ1v) is 11.8. The van der Waals surface area contributed by atoms with E-state index in [0.29, 0.717) is 6.61 Å². The van der Waals surface area contributed by atoms with Crippen LogP contribution in [0.4, 0.5) is 0 Å². The second kappa shape index (κ2) is 9.20. The molecule has 0 atom stereocenters. The average molecular weight is 389 g/mol. The Hall–Kier alpha value is -3.11. The third-order valence-electron chi connectivity index (χ3n) is 4.90. The normalized spacial score (nSPS) is 10.9. The van der Waals surface area contributed by atoms with Gasteiger partial charge in [-0.2, -0.15) is 0 Å². The summed E-state index contributed by atoms with van der Waals surface area (Å²) in [6, 6.07) is 29.7. The smallest absolute Gasteiger partial charge is 0.330 e. The standard InChI is InChI=1S/C24H24O3Si/c1-3-24(25)27-19-18-26-20-14-16-23(17-15-20)28(2,21-10-6-4-7-11-21)22-12-8-5-9-13-22/h3-17H,1,18-19H2,2H3. The van der Waals surface area contributed by atoms with Crippen molar-refractivity contribution in [1.29, 1.82) is 0 Å². The quantitative estimate of drug-likeness (QED) is 0.196. The molecule has 0 saturated carbocycles. The summed E-state index contributed by atoms with van der Waals surface area (Å²) >= 11 is 0. The number of hydrogen-bond acceptors (Lipinski definition) is 3. The topological polar surface area (TPSA) is 35.5 Å². The molecular weight excluding hydrogens is 364 g/mol. The van der Waals surface area contributed by atoms with Crippen molar-refractivity contribution in [3.8, 4) is 5.75 Å². The lowest BCUT2D eigenvalue weighted by molar-refractivity contribution is -0.138. The van der Waals surface area contributed by atoms with Crippen LogP contribution in [-0.2, 0) is 9.53 Å². The first-order chi connectivity index (χ1) is 13.6. The van der Waals surface area contributed by atoms with Crippen molar-refractivity contribution in [2.75, 3.05) is 13.2 Å². The van der Waals surface area contributed by atoms with E-state index < -0.39 is 14.0 Å². The van der Waals surface area contributed by atoms with Crippen LogP contribution in [0.25, 0.3) is 0 Å². The minimum Gasteiger partial charge on any atom is -0.490 e. The van der Waals surface area contributed by atoms with Gasteiger partial charge in [-0.15, -0.1) is 0 Å². The van der Waals surface area contributed by atoms with Gasteiger partial charge in [0, 0.05) is 6.08 Å². The Morgan fingerprint density at radius 3 is 1.82 bits per heavy atom. The van der Waals surface area contributed by atoms with Crippen LogP contribution in [0.5, 0.6) is 5.75 Å². The summed E-state index contributed by atoms with van der Waals surface area (Å²) in [5.74, 6) is 0.322. The van der Waals surface area contributed by atoms with Gasteiger partial charge in [-0.3, -0.25) is 0 Å². The zero-order valence-electron chi connectivity index (χ0n) is 16.0. The van der Waals surface area contributed by atoms with E-state index in [-0.39, 0.29) is 6.61 Å². The summed E-state index contributed by atoms with van der Waals surface area (Å²) in [7, 11) is -2.09. The van der Waals surface area contributed by atoms with Gasteiger partial charge in [0.2, 0.25) is 0 Å². The van der Waals surface area contributed by atoms with Crippen LogP contribution in [0.15, 0.2) is 97.6 Å². The van der Waals surface area contributed by atoms with Crippen LogP contribution in [-0.4, -0.2) is 27.3 Å². The number of ether oxygens (including phenoxy) is 2. The number of carbonyl (C=O) groups excluding carboxylic acids is 1. The summed E-state index contributed by atoms with van der Waals surface area (Å²) < 4.78 is 10.6. The zero-order chi connectivity index (χ0) is 19.8. The lowest BCUT2D eigenvalue weighted by atomic mass is 10.3. The average Bonchev–Trinajstić information content (AvgIpc) is 2.77. The van der Waals surface area contributed by atoms with Gasteiger partial charge < -0.3 is 9.47 Å². The molecule has 0 aliphatic rings. The maximum absolute atomic E-state index is 11.1.